The van der Waals surface area contributed by atoms with E-state index in [1.54, 1.807) is 0 Å². The topological polar surface area (TPSA) is 138 Å². The SMILES string of the molecule is NC(=O)c1ccc(Sc2nnc(N)s2)c([N+](=O)[O-])c1. The summed E-state index contributed by atoms with van der Waals surface area (Å²) in [6, 6.07) is 4.00. The first-order valence-electron chi connectivity index (χ1n) is 4.82. The normalized spacial score (nSPS) is 10.3. The van der Waals surface area contributed by atoms with Gasteiger partial charge in [0.25, 0.3) is 5.69 Å². The summed E-state index contributed by atoms with van der Waals surface area (Å²) in [4.78, 5) is 21.7. The number of carbonyl (C=O) groups is 1. The summed E-state index contributed by atoms with van der Waals surface area (Å²) in [5.74, 6) is -0.722. The Morgan fingerprint density at radius 3 is 2.68 bits per heavy atom. The Kier molecular flexibility index (Phi) is 3.62. The Bertz CT molecular complexity index is 657. The molecule has 0 spiro atoms. The Balaban J connectivity index is 2.39. The van der Waals surface area contributed by atoms with Crippen molar-refractivity contribution < 1.29 is 9.72 Å². The predicted octanol–water partition coefficient (Wildman–Crippen LogP) is 1.28. The Hall–Kier alpha value is -2.20. The van der Waals surface area contributed by atoms with Gasteiger partial charge in [-0.25, -0.2) is 0 Å². The molecular weight excluding hydrogens is 290 g/mol. The average Bonchev–Trinajstić information content (AvgIpc) is 2.74. The number of nitrogen functional groups attached to an aromatic ring is 1. The number of carbonyl (C=O) groups excluding carboxylic acids is 1. The lowest BCUT2D eigenvalue weighted by Gasteiger charge is -2.01. The highest BCUT2D eigenvalue weighted by Gasteiger charge is 2.18. The van der Waals surface area contributed by atoms with Gasteiger partial charge in [0.15, 0.2) is 4.34 Å². The molecule has 0 radical (unpaired) electrons. The number of aromatic nitrogens is 2. The zero-order valence-corrected chi connectivity index (χ0v) is 10.9. The van der Waals surface area contributed by atoms with Gasteiger partial charge in [0.1, 0.15) is 0 Å². The number of nitro groups is 1. The maximum atomic E-state index is 11.0. The minimum atomic E-state index is -0.722. The second-order valence-electron chi connectivity index (χ2n) is 3.31. The molecule has 0 aliphatic carbocycles. The molecule has 0 unspecified atom stereocenters. The summed E-state index contributed by atoms with van der Waals surface area (Å²) in [5, 5.41) is 18.6. The Morgan fingerprint density at radius 1 is 1.42 bits per heavy atom. The third-order valence-corrected chi connectivity index (χ3v) is 3.93. The van der Waals surface area contributed by atoms with Crippen LogP contribution in [0.25, 0.3) is 0 Å². The minimum absolute atomic E-state index is 0.0767. The summed E-state index contributed by atoms with van der Waals surface area (Å²) >= 11 is 2.17. The fraction of sp³-hybridized carbons (Fsp3) is 0. The number of benzene rings is 1. The molecule has 4 N–H and O–H groups in total. The fourth-order valence-corrected chi connectivity index (χ4v) is 2.93. The molecule has 1 amide bonds. The monoisotopic (exact) mass is 297 g/mol. The lowest BCUT2D eigenvalue weighted by molar-refractivity contribution is -0.387. The molecule has 10 heteroatoms. The van der Waals surface area contributed by atoms with Gasteiger partial charge in [0.05, 0.1) is 9.82 Å². The molecule has 8 nitrogen and oxygen atoms in total. The molecule has 1 aromatic carbocycles. The summed E-state index contributed by atoms with van der Waals surface area (Å²) < 4.78 is 0.479. The third kappa shape index (κ3) is 2.98. The number of nitrogens with zero attached hydrogens (tertiary/aromatic N) is 3. The van der Waals surface area contributed by atoms with E-state index in [4.69, 9.17) is 11.5 Å². The molecule has 0 atom stereocenters. The van der Waals surface area contributed by atoms with E-state index < -0.39 is 10.8 Å². The van der Waals surface area contributed by atoms with Crippen molar-refractivity contribution in [3.05, 3.63) is 33.9 Å². The number of nitrogens with two attached hydrogens (primary N) is 2. The molecular formula is C9H7N5O3S2. The first kappa shape index (κ1) is 13.2. The number of hydrogen-bond donors (Lipinski definition) is 2. The molecule has 2 rings (SSSR count). The highest BCUT2D eigenvalue weighted by atomic mass is 32.2. The van der Waals surface area contributed by atoms with Crippen LogP contribution in [0, 0.1) is 10.1 Å². The van der Waals surface area contributed by atoms with Gasteiger partial charge >= 0.3 is 0 Å². The smallest absolute Gasteiger partial charge is 0.284 e. The molecule has 0 saturated carbocycles. The van der Waals surface area contributed by atoms with E-state index in [0.717, 1.165) is 29.2 Å². The maximum Gasteiger partial charge on any atom is 0.284 e. The molecule has 1 heterocycles. The lowest BCUT2D eigenvalue weighted by Crippen LogP contribution is -2.11. The van der Waals surface area contributed by atoms with Crippen molar-refractivity contribution in [3.63, 3.8) is 0 Å². The van der Waals surface area contributed by atoms with Crippen LogP contribution in [0.15, 0.2) is 27.4 Å². The summed E-state index contributed by atoms with van der Waals surface area (Å²) in [7, 11) is 0. The van der Waals surface area contributed by atoms with E-state index in [2.05, 4.69) is 10.2 Å². The van der Waals surface area contributed by atoms with Gasteiger partial charge in [-0.15, -0.1) is 10.2 Å². The van der Waals surface area contributed by atoms with Crippen LogP contribution in [-0.2, 0) is 0 Å². The molecule has 0 fully saturated rings. The van der Waals surface area contributed by atoms with E-state index >= 15 is 0 Å². The maximum absolute atomic E-state index is 11.0. The number of amides is 1. The molecule has 0 saturated heterocycles. The van der Waals surface area contributed by atoms with Gasteiger partial charge in [-0.3, -0.25) is 14.9 Å². The molecule has 0 bridgehead atoms. The van der Waals surface area contributed by atoms with Crippen molar-refractivity contribution in [2.75, 3.05) is 5.73 Å². The van der Waals surface area contributed by atoms with Crippen LogP contribution < -0.4 is 11.5 Å². The average molecular weight is 297 g/mol. The second-order valence-corrected chi connectivity index (χ2v) is 5.61. The van der Waals surface area contributed by atoms with Gasteiger partial charge in [-0.1, -0.05) is 11.3 Å². The van der Waals surface area contributed by atoms with Gasteiger partial charge in [0.2, 0.25) is 11.0 Å². The fourth-order valence-electron chi connectivity index (χ4n) is 1.26. The minimum Gasteiger partial charge on any atom is -0.374 e. The van der Waals surface area contributed by atoms with Crippen molar-refractivity contribution in [1.82, 2.24) is 10.2 Å². The van der Waals surface area contributed by atoms with E-state index in [-0.39, 0.29) is 16.4 Å². The van der Waals surface area contributed by atoms with E-state index in [1.165, 1.54) is 12.1 Å². The summed E-state index contributed by atoms with van der Waals surface area (Å²) in [6.07, 6.45) is 0. The van der Waals surface area contributed by atoms with Crippen molar-refractivity contribution in [3.8, 4) is 0 Å². The van der Waals surface area contributed by atoms with Gasteiger partial charge in [-0.2, -0.15) is 0 Å². The standard InChI is InChI=1S/C9H7N5O3S2/c10-7(15)4-1-2-6(5(3-4)14(16)17)18-9-13-12-8(11)19-9/h1-3H,(H2,10,15)(H2,11,12). The number of hydrogen-bond acceptors (Lipinski definition) is 8. The molecule has 0 aliphatic heterocycles. The molecule has 0 aliphatic rings. The molecule has 2 aromatic rings. The van der Waals surface area contributed by atoms with Crippen LogP contribution in [-0.4, -0.2) is 21.0 Å². The van der Waals surface area contributed by atoms with E-state index in [0.29, 0.717) is 9.24 Å². The van der Waals surface area contributed by atoms with Gasteiger partial charge < -0.3 is 11.5 Å². The quantitative estimate of drug-likeness (QED) is 0.640. The zero-order chi connectivity index (χ0) is 14.0. The Morgan fingerprint density at radius 2 is 2.16 bits per heavy atom. The van der Waals surface area contributed by atoms with E-state index in [1.807, 2.05) is 0 Å². The number of anilines is 1. The predicted molar refractivity (Wildman–Crippen MR) is 70.1 cm³/mol. The van der Waals surface area contributed by atoms with Crippen molar-refractivity contribution in [2.24, 2.45) is 5.73 Å². The summed E-state index contributed by atoms with van der Waals surface area (Å²) in [6.45, 7) is 0. The molecule has 98 valence electrons. The van der Waals surface area contributed by atoms with Crippen LogP contribution in [0.1, 0.15) is 10.4 Å². The largest absolute Gasteiger partial charge is 0.374 e. The molecule has 19 heavy (non-hydrogen) atoms. The van der Waals surface area contributed by atoms with Crippen molar-refractivity contribution in [2.45, 2.75) is 9.24 Å². The van der Waals surface area contributed by atoms with Crippen LogP contribution in [0.4, 0.5) is 10.8 Å². The Labute approximate surface area is 115 Å². The molecule has 1 aromatic heterocycles. The van der Waals surface area contributed by atoms with Crippen LogP contribution in [0.5, 0.6) is 0 Å². The van der Waals surface area contributed by atoms with Crippen LogP contribution in [0.3, 0.4) is 0 Å². The lowest BCUT2D eigenvalue weighted by atomic mass is 10.2. The third-order valence-electron chi connectivity index (χ3n) is 2.06. The van der Waals surface area contributed by atoms with Crippen molar-refractivity contribution in [1.29, 1.82) is 0 Å². The number of rotatable bonds is 4. The highest BCUT2D eigenvalue weighted by Crippen LogP contribution is 2.36. The van der Waals surface area contributed by atoms with Gasteiger partial charge in [0, 0.05) is 11.6 Å². The first-order valence-corrected chi connectivity index (χ1v) is 6.45. The van der Waals surface area contributed by atoms with Crippen LogP contribution >= 0.6 is 23.1 Å². The zero-order valence-electron chi connectivity index (χ0n) is 9.27. The number of nitro benzene ring substituents is 1. The summed E-state index contributed by atoms with van der Waals surface area (Å²) in [5.41, 5.74) is 10.4. The van der Waals surface area contributed by atoms with Crippen molar-refractivity contribution >= 4 is 39.8 Å². The van der Waals surface area contributed by atoms with E-state index in [9.17, 15) is 14.9 Å². The second kappa shape index (κ2) is 5.20. The van der Waals surface area contributed by atoms with Crippen LogP contribution in [0.2, 0.25) is 0 Å². The first-order chi connectivity index (χ1) is 8.97. The number of primary amides is 1. The highest BCUT2D eigenvalue weighted by molar-refractivity contribution is 8.01. The van der Waals surface area contributed by atoms with Gasteiger partial charge in [-0.05, 0) is 23.9 Å².